The molecule has 1 amide bonds. The quantitative estimate of drug-likeness (QED) is 0.791. The number of alkyl halides is 3. The highest BCUT2D eigenvalue weighted by molar-refractivity contribution is 5.85. The minimum Gasteiger partial charge on any atom is -0.381 e. The molecule has 0 aromatic rings. The molecule has 0 radical (unpaired) electrons. The second-order valence-corrected chi connectivity index (χ2v) is 4.65. The van der Waals surface area contributed by atoms with E-state index in [9.17, 15) is 23.2 Å². The second kappa shape index (κ2) is 6.24. The largest absolute Gasteiger partial charge is 0.406 e. The summed E-state index contributed by atoms with van der Waals surface area (Å²) < 4.78 is 42.5. The number of rotatable bonds is 4. The molecule has 1 fully saturated rings. The number of nitrogens with zero attached hydrogens (tertiary/aromatic N) is 2. The summed E-state index contributed by atoms with van der Waals surface area (Å²) in [4.78, 5) is 13.0. The molecule has 1 heterocycles. The molecule has 0 atom stereocenters. The number of halogens is 3. The molecule has 1 rings (SSSR count). The fourth-order valence-corrected chi connectivity index (χ4v) is 2.13. The molecule has 0 N–H and O–H groups in total. The maximum Gasteiger partial charge on any atom is 0.406 e. The van der Waals surface area contributed by atoms with Gasteiger partial charge in [-0.2, -0.15) is 18.4 Å². The molecular formula is C12H17F3N2O2. The van der Waals surface area contributed by atoms with E-state index in [-0.39, 0.29) is 32.6 Å². The van der Waals surface area contributed by atoms with Crippen LogP contribution >= 0.6 is 0 Å². The van der Waals surface area contributed by atoms with Crippen molar-refractivity contribution in [2.45, 2.75) is 32.4 Å². The van der Waals surface area contributed by atoms with Crippen LogP contribution in [0.1, 0.15) is 26.2 Å². The molecule has 1 aliphatic heterocycles. The van der Waals surface area contributed by atoms with Crippen molar-refractivity contribution in [1.82, 2.24) is 4.90 Å². The first-order valence-corrected chi connectivity index (χ1v) is 6.20. The number of carbonyl (C=O) groups excluding carboxylic acids is 1. The van der Waals surface area contributed by atoms with Crippen LogP contribution in [0.25, 0.3) is 0 Å². The first-order valence-electron chi connectivity index (χ1n) is 6.20. The van der Waals surface area contributed by atoms with E-state index in [4.69, 9.17) is 4.74 Å². The van der Waals surface area contributed by atoms with E-state index in [2.05, 4.69) is 0 Å². The maximum absolute atomic E-state index is 12.5. The van der Waals surface area contributed by atoms with Crippen molar-refractivity contribution in [2.24, 2.45) is 5.41 Å². The summed E-state index contributed by atoms with van der Waals surface area (Å²) in [5.74, 6) is -0.725. The highest BCUT2D eigenvalue weighted by Gasteiger charge is 2.45. The van der Waals surface area contributed by atoms with Gasteiger partial charge in [-0.15, -0.1) is 0 Å². The van der Waals surface area contributed by atoms with E-state index < -0.39 is 24.0 Å². The van der Waals surface area contributed by atoms with Gasteiger partial charge in [0, 0.05) is 19.8 Å². The molecule has 0 saturated carbocycles. The Hall–Kier alpha value is -1.29. The zero-order chi connectivity index (χ0) is 14.5. The van der Waals surface area contributed by atoms with Gasteiger partial charge in [-0.25, -0.2) is 0 Å². The molecule has 0 unspecified atom stereocenters. The second-order valence-electron chi connectivity index (χ2n) is 4.65. The summed E-state index contributed by atoms with van der Waals surface area (Å²) in [5.41, 5.74) is -1.36. The number of hydrogen-bond donors (Lipinski definition) is 0. The standard InChI is InChI=1S/C12H17F3N2O2/c1-2-5-17(9-12(13,14)15)10(18)11(8-16)3-6-19-7-4-11/h2-7,9H2,1H3. The van der Waals surface area contributed by atoms with Crippen molar-refractivity contribution in [3.63, 3.8) is 0 Å². The van der Waals surface area contributed by atoms with Gasteiger partial charge in [0.15, 0.2) is 0 Å². The molecule has 4 nitrogen and oxygen atoms in total. The van der Waals surface area contributed by atoms with Crippen molar-refractivity contribution in [1.29, 1.82) is 5.26 Å². The Kier molecular flexibility index (Phi) is 5.18. The van der Waals surface area contributed by atoms with Crippen LogP contribution in [0.5, 0.6) is 0 Å². The van der Waals surface area contributed by atoms with E-state index in [1.54, 1.807) is 6.92 Å². The molecule has 0 spiro atoms. The third-order valence-corrected chi connectivity index (χ3v) is 3.12. The monoisotopic (exact) mass is 278 g/mol. The number of hydrogen-bond acceptors (Lipinski definition) is 3. The van der Waals surface area contributed by atoms with Gasteiger partial charge in [-0.1, -0.05) is 6.92 Å². The molecule has 19 heavy (non-hydrogen) atoms. The summed E-state index contributed by atoms with van der Waals surface area (Å²) in [7, 11) is 0. The van der Waals surface area contributed by atoms with Crippen molar-refractivity contribution >= 4 is 5.91 Å². The highest BCUT2D eigenvalue weighted by Crippen LogP contribution is 2.33. The number of carbonyl (C=O) groups is 1. The Balaban J connectivity index is 2.88. The first kappa shape index (κ1) is 15.8. The third-order valence-electron chi connectivity index (χ3n) is 3.12. The fourth-order valence-electron chi connectivity index (χ4n) is 2.13. The Bertz CT molecular complexity index is 357. The molecule has 7 heteroatoms. The van der Waals surface area contributed by atoms with Crippen LogP contribution in [0.3, 0.4) is 0 Å². The van der Waals surface area contributed by atoms with Crippen molar-refractivity contribution < 1.29 is 22.7 Å². The molecule has 0 aromatic carbocycles. The van der Waals surface area contributed by atoms with E-state index in [0.29, 0.717) is 6.42 Å². The highest BCUT2D eigenvalue weighted by atomic mass is 19.4. The Morgan fingerprint density at radius 2 is 2.00 bits per heavy atom. The van der Waals surface area contributed by atoms with Gasteiger partial charge in [-0.3, -0.25) is 4.79 Å². The lowest BCUT2D eigenvalue weighted by Gasteiger charge is -2.35. The van der Waals surface area contributed by atoms with Crippen molar-refractivity contribution in [2.75, 3.05) is 26.3 Å². The predicted octanol–water partition coefficient (Wildman–Crippen LogP) is 2.11. The third kappa shape index (κ3) is 4.10. The van der Waals surface area contributed by atoms with Gasteiger partial charge in [0.05, 0.1) is 6.07 Å². The van der Waals surface area contributed by atoms with Crippen molar-refractivity contribution in [3.05, 3.63) is 0 Å². The average molecular weight is 278 g/mol. The smallest absolute Gasteiger partial charge is 0.381 e. The zero-order valence-electron chi connectivity index (χ0n) is 10.8. The molecule has 0 bridgehead atoms. The van der Waals surface area contributed by atoms with E-state index in [1.165, 1.54) is 0 Å². The lowest BCUT2D eigenvalue weighted by Crippen LogP contribution is -2.49. The minimum atomic E-state index is -4.45. The van der Waals surface area contributed by atoms with Gasteiger partial charge >= 0.3 is 6.18 Å². The van der Waals surface area contributed by atoms with E-state index >= 15 is 0 Å². The number of amides is 1. The fraction of sp³-hybridized carbons (Fsp3) is 0.833. The summed E-state index contributed by atoms with van der Waals surface area (Å²) in [6.45, 7) is 0.850. The zero-order valence-corrected chi connectivity index (χ0v) is 10.8. The number of ether oxygens (including phenoxy) is 1. The summed E-state index contributed by atoms with van der Waals surface area (Å²) in [6.07, 6.45) is -3.73. The summed E-state index contributed by atoms with van der Waals surface area (Å²) >= 11 is 0. The molecule has 1 aliphatic rings. The van der Waals surface area contributed by atoms with Crippen LogP contribution in [0.2, 0.25) is 0 Å². The van der Waals surface area contributed by atoms with Crippen LogP contribution in [0, 0.1) is 16.7 Å². The topological polar surface area (TPSA) is 53.3 Å². The molecule has 108 valence electrons. The van der Waals surface area contributed by atoms with Gasteiger partial charge in [0.25, 0.3) is 0 Å². The van der Waals surface area contributed by atoms with Gasteiger partial charge in [0.2, 0.25) is 5.91 Å². The lowest BCUT2D eigenvalue weighted by atomic mass is 9.80. The molecule has 0 aliphatic carbocycles. The molecule has 0 aromatic heterocycles. The van der Waals surface area contributed by atoms with Crippen LogP contribution in [-0.4, -0.2) is 43.3 Å². The Labute approximate surface area is 110 Å². The van der Waals surface area contributed by atoms with Gasteiger partial charge in [0.1, 0.15) is 12.0 Å². The lowest BCUT2D eigenvalue weighted by molar-refractivity contribution is -0.168. The van der Waals surface area contributed by atoms with E-state index in [0.717, 1.165) is 4.90 Å². The maximum atomic E-state index is 12.5. The number of nitriles is 1. The minimum absolute atomic E-state index is 0.00261. The Morgan fingerprint density at radius 3 is 2.42 bits per heavy atom. The summed E-state index contributed by atoms with van der Waals surface area (Å²) in [6, 6.07) is 1.90. The van der Waals surface area contributed by atoms with Gasteiger partial charge < -0.3 is 9.64 Å². The first-order chi connectivity index (χ1) is 8.84. The van der Waals surface area contributed by atoms with Crippen molar-refractivity contribution in [3.8, 4) is 6.07 Å². The average Bonchev–Trinajstić information content (AvgIpc) is 2.36. The van der Waals surface area contributed by atoms with Crippen LogP contribution < -0.4 is 0 Å². The molecule has 1 saturated heterocycles. The predicted molar refractivity (Wildman–Crippen MR) is 61.0 cm³/mol. The van der Waals surface area contributed by atoms with E-state index in [1.807, 2.05) is 6.07 Å². The normalized spacial score (nSPS) is 18.7. The van der Waals surface area contributed by atoms with Crippen LogP contribution in [-0.2, 0) is 9.53 Å². The molecular weight excluding hydrogens is 261 g/mol. The Morgan fingerprint density at radius 1 is 1.42 bits per heavy atom. The van der Waals surface area contributed by atoms with Crippen LogP contribution in [0.4, 0.5) is 13.2 Å². The summed E-state index contributed by atoms with van der Waals surface area (Å²) in [5, 5.41) is 9.19. The van der Waals surface area contributed by atoms with Crippen LogP contribution in [0.15, 0.2) is 0 Å². The SMILES string of the molecule is CCCN(CC(F)(F)F)C(=O)C1(C#N)CCOCC1. The van der Waals surface area contributed by atoms with Gasteiger partial charge in [-0.05, 0) is 19.3 Å².